The third-order valence-corrected chi connectivity index (χ3v) is 6.83. The van der Waals surface area contributed by atoms with Crippen LogP contribution >= 0.6 is 0 Å². The van der Waals surface area contributed by atoms with Crippen LogP contribution in [0.2, 0.25) is 0 Å². The Morgan fingerprint density at radius 2 is 1.68 bits per heavy atom. The van der Waals surface area contributed by atoms with Crippen molar-refractivity contribution in [2.45, 2.75) is 51.2 Å². The first-order chi connectivity index (χ1) is 14.4. The van der Waals surface area contributed by atoms with Crippen LogP contribution in [-0.4, -0.2) is 44.8 Å². The van der Waals surface area contributed by atoms with Crippen molar-refractivity contribution < 1.29 is 22.7 Å². The van der Waals surface area contributed by atoms with E-state index in [9.17, 15) is 18.0 Å². The number of ether oxygens (including phenoxy) is 1. The number of hydrogen-bond acceptors (Lipinski definition) is 5. The van der Waals surface area contributed by atoms with Crippen molar-refractivity contribution in [2.75, 3.05) is 14.1 Å². The Balaban J connectivity index is 2.39. The number of rotatable bonds is 8. The predicted molar refractivity (Wildman–Crippen MR) is 119 cm³/mol. The van der Waals surface area contributed by atoms with Gasteiger partial charge in [0.2, 0.25) is 10.0 Å². The molecule has 0 fully saturated rings. The van der Waals surface area contributed by atoms with Gasteiger partial charge in [-0.2, -0.15) is 0 Å². The van der Waals surface area contributed by atoms with Crippen molar-refractivity contribution in [1.82, 2.24) is 9.62 Å². The fourth-order valence-corrected chi connectivity index (χ4v) is 4.30. The highest BCUT2D eigenvalue weighted by atomic mass is 32.2. The highest BCUT2D eigenvalue weighted by molar-refractivity contribution is 7.89. The minimum absolute atomic E-state index is 0.0400. The minimum Gasteiger partial charge on any atom is -0.463 e. The summed E-state index contributed by atoms with van der Waals surface area (Å²) in [5.41, 5.74) is 2.23. The molecule has 2 aromatic carbocycles. The van der Waals surface area contributed by atoms with E-state index in [0.29, 0.717) is 11.1 Å². The Labute approximate surface area is 184 Å². The summed E-state index contributed by atoms with van der Waals surface area (Å²) in [6.07, 6.45) is -0.306. The maximum Gasteiger partial charge on any atom is 0.308 e. The molecule has 0 bridgehead atoms. The molecule has 1 N–H and O–H groups in total. The zero-order chi connectivity index (χ0) is 23.3. The van der Waals surface area contributed by atoms with E-state index in [1.807, 2.05) is 30.3 Å². The van der Waals surface area contributed by atoms with Gasteiger partial charge in [-0.1, -0.05) is 30.3 Å². The first kappa shape index (κ1) is 24.6. The van der Waals surface area contributed by atoms with Crippen LogP contribution in [0.5, 0.6) is 0 Å². The first-order valence-corrected chi connectivity index (χ1v) is 11.5. The van der Waals surface area contributed by atoms with Gasteiger partial charge >= 0.3 is 5.97 Å². The summed E-state index contributed by atoms with van der Waals surface area (Å²) in [6, 6.07) is 11.5. The lowest BCUT2D eigenvalue weighted by Gasteiger charge is -2.21. The zero-order valence-electron chi connectivity index (χ0n) is 18.8. The number of aryl methyl sites for hydroxylation is 1. The van der Waals surface area contributed by atoms with Gasteiger partial charge in [-0.25, -0.2) is 12.7 Å². The van der Waals surface area contributed by atoms with E-state index in [1.165, 1.54) is 20.2 Å². The van der Waals surface area contributed by atoms with E-state index < -0.39 is 27.9 Å². The van der Waals surface area contributed by atoms with E-state index >= 15 is 0 Å². The second-order valence-electron chi connectivity index (χ2n) is 7.88. The SMILES string of the molecule is Cc1cc(C(=O)NC(CC(=O)OC(C)C)c2ccccc2)cc(S(=O)(=O)N(C)C)c1C. The minimum atomic E-state index is -3.72. The van der Waals surface area contributed by atoms with Crippen molar-refractivity contribution in [1.29, 1.82) is 0 Å². The Kier molecular flexibility index (Phi) is 7.97. The lowest BCUT2D eigenvalue weighted by molar-refractivity contribution is -0.147. The van der Waals surface area contributed by atoms with Gasteiger partial charge in [0.1, 0.15) is 0 Å². The van der Waals surface area contributed by atoms with E-state index in [4.69, 9.17) is 4.74 Å². The van der Waals surface area contributed by atoms with E-state index in [0.717, 1.165) is 9.87 Å². The number of nitrogens with zero attached hydrogens (tertiary/aromatic N) is 1. The Hall–Kier alpha value is -2.71. The monoisotopic (exact) mass is 446 g/mol. The molecule has 0 aliphatic carbocycles. The van der Waals surface area contributed by atoms with Gasteiger partial charge in [-0.3, -0.25) is 9.59 Å². The maximum atomic E-state index is 13.1. The number of hydrogen-bond donors (Lipinski definition) is 1. The van der Waals surface area contributed by atoms with Gasteiger partial charge in [0.15, 0.2) is 0 Å². The van der Waals surface area contributed by atoms with Crippen molar-refractivity contribution in [2.24, 2.45) is 0 Å². The van der Waals surface area contributed by atoms with Crippen molar-refractivity contribution in [3.63, 3.8) is 0 Å². The fraction of sp³-hybridized carbons (Fsp3) is 0.391. The molecular formula is C23H30N2O5S. The van der Waals surface area contributed by atoms with Gasteiger partial charge in [0.25, 0.3) is 5.91 Å². The Morgan fingerprint density at radius 1 is 1.06 bits per heavy atom. The molecule has 1 atom stereocenters. The van der Waals surface area contributed by atoms with Crippen LogP contribution in [0.1, 0.15) is 53.4 Å². The maximum absolute atomic E-state index is 13.1. The standard InChI is InChI=1S/C23H30N2O5S/c1-15(2)30-22(26)14-20(18-10-8-7-9-11-18)24-23(27)19-12-16(3)17(4)21(13-19)31(28,29)25(5)6/h7-13,15,20H,14H2,1-6H3,(H,24,27). The number of benzene rings is 2. The topological polar surface area (TPSA) is 92.8 Å². The van der Waals surface area contributed by atoms with Gasteiger partial charge in [-0.05, 0) is 56.5 Å². The average Bonchev–Trinajstić information content (AvgIpc) is 2.69. The number of sulfonamides is 1. The smallest absolute Gasteiger partial charge is 0.308 e. The summed E-state index contributed by atoms with van der Waals surface area (Å²) in [7, 11) is -0.826. The normalized spacial score (nSPS) is 12.6. The molecule has 31 heavy (non-hydrogen) atoms. The van der Waals surface area contributed by atoms with Crippen molar-refractivity contribution >= 4 is 21.9 Å². The third kappa shape index (κ3) is 6.15. The molecule has 168 valence electrons. The number of esters is 1. The molecule has 1 amide bonds. The van der Waals surface area contributed by atoms with Gasteiger partial charge in [-0.15, -0.1) is 0 Å². The number of amides is 1. The van der Waals surface area contributed by atoms with Crippen LogP contribution in [0, 0.1) is 13.8 Å². The summed E-state index contributed by atoms with van der Waals surface area (Å²) in [5, 5.41) is 2.86. The zero-order valence-corrected chi connectivity index (χ0v) is 19.6. The quantitative estimate of drug-likeness (QED) is 0.628. The Bertz CT molecular complexity index is 1050. The molecule has 8 heteroatoms. The molecule has 0 spiro atoms. The van der Waals surface area contributed by atoms with Crippen LogP contribution in [-0.2, 0) is 19.6 Å². The second-order valence-corrected chi connectivity index (χ2v) is 10.0. The first-order valence-electron chi connectivity index (χ1n) is 10.0. The lowest BCUT2D eigenvalue weighted by atomic mass is 10.0. The summed E-state index contributed by atoms with van der Waals surface area (Å²) in [4.78, 5) is 25.4. The molecular weight excluding hydrogens is 416 g/mol. The third-order valence-electron chi connectivity index (χ3n) is 4.89. The van der Waals surface area contributed by atoms with Crippen LogP contribution in [0.25, 0.3) is 0 Å². The predicted octanol–water partition coefficient (Wildman–Crippen LogP) is 3.37. The second kappa shape index (κ2) is 10.1. The van der Waals surface area contributed by atoms with E-state index in [-0.39, 0.29) is 23.0 Å². The van der Waals surface area contributed by atoms with Crippen LogP contribution < -0.4 is 5.32 Å². The Morgan fingerprint density at radius 3 is 2.23 bits per heavy atom. The summed E-state index contributed by atoms with van der Waals surface area (Å²) >= 11 is 0. The molecule has 1 unspecified atom stereocenters. The molecule has 7 nitrogen and oxygen atoms in total. The fourth-order valence-electron chi connectivity index (χ4n) is 3.08. The number of nitrogens with one attached hydrogen (secondary N) is 1. The van der Waals surface area contributed by atoms with Crippen LogP contribution in [0.15, 0.2) is 47.4 Å². The lowest BCUT2D eigenvalue weighted by Crippen LogP contribution is -2.31. The van der Waals surface area contributed by atoms with E-state index in [2.05, 4.69) is 5.32 Å². The van der Waals surface area contributed by atoms with Gasteiger partial charge in [0.05, 0.1) is 23.5 Å². The summed E-state index contributed by atoms with van der Waals surface area (Å²) in [5.74, 6) is -0.898. The molecule has 0 aliphatic heterocycles. The summed E-state index contributed by atoms with van der Waals surface area (Å²) in [6.45, 7) is 6.99. The molecule has 2 aromatic rings. The molecule has 0 saturated carbocycles. The molecule has 0 radical (unpaired) electrons. The van der Waals surface area contributed by atoms with Crippen LogP contribution in [0.4, 0.5) is 0 Å². The van der Waals surface area contributed by atoms with E-state index in [1.54, 1.807) is 33.8 Å². The van der Waals surface area contributed by atoms with Gasteiger partial charge in [0, 0.05) is 19.7 Å². The molecule has 2 rings (SSSR count). The molecule has 0 aromatic heterocycles. The summed E-state index contributed by atoms with van der Waals surface area (Å²) < 4.78 is 31.8. The molecule has 0 heterocycles. The largest absolute Gasteiger partial charge is 0.463 e. The number of carbonyl (C=O) groups is 2. The highest BCUT2D eigenvalue weighted by Gasteiger charge is 2.25. The average molecular weight is 447 g/mol. The van der Waals surface area contributed by atoms with Crippen LogP contribution in [0.3, 0.4) is 0 Å². The highest BCUT2D eigenvalue weighted by Crippen LogP contribution is 2.24. The molecule has 0 aliphatic rings. The van der Waals surface area contributed by atoms with Crippen molar-refractivity contribution in [3.05, 3.63) is 64.7 Å². The number of carbonyl (C=O) groups excluding carboxylic acids is 2. The molecule has 0 saturated heterocycles. The van der Waals surface area contributed by atoms with Crippen molar-refractivity contribution in [3.8, 4) is 0 Å². The van der Waals surface area contributed by atoms with Gasteiger partial charge < -0.3 is 10.1 Å².